The summed E-state index contributed by atoms with van der Waals surface area (Å²) in [6, 6.07) is 0. The van der Waals surface area contributed by atoms with E-state index < -0.39 is 29.5 Å². The van der Waals surface area contributed by atoms with Gasteiger partial charge < -0.3 is 19.3 Å². The van der Waals surface area contributed by atoms with Crippen molar-refractivity contribution in [2.75, 3.05) is 6.61 Å². The van der Waals surface area contributed by atoms with Crippen LogP contribution in [0.3, 0.4) is 0 Å². The molecule has 1 aliphatic heterocycles. The van der Waals surface area contributed by atoms with Gasteiger partial charge in [0, 0.05) is 23.2 Å². The van der Waals surface area contributed by atoms with E-state index in [4.69, 9.17) is 14.2 Å². The number of carbonyl (C=O) groups is 3. The lowest BCUT2D eigenvalue weighted by molar-refractivity contribution is -0.201. The van der Waals surface area contributed by atoms with Gasteiger partial charge in [0.2, 0.25) is 5.78 Å². The van der Waals surface area contributed by atoms with Gasteiger partial charge in [-0.3, -0.25) is 14.4 Å². The summed E-state index contributed by atoms with van der Waals surface area (Å²) < 4.78 is 18.7. The molecular weight excluding hydrogens is 556 g/mol. The van der Waals surface area contributed by atoms with E-state index in [1.807, 2.05) is 6.08 Å². The standard InChI is InChI=1S/C37H56O7/c1-5-7-8-9-10-11-12-13-14-16-32(41)42-24-30(40)37-31(43-33(44-37)15-6-2)22-28-27-18-17-25-21-26(38)19-20-35(25,3)34(27)29(39)23-36(28,37)4/h19-21,27-29,31,33-34,39H,5-18,22-24H2,1-4H3/t27-,28-,29-,31+,33?,34+,35-,36-,37+/m0/s1. The molecule has 0 spiro atoms. The molecule has 5 rings (SSSR count). The summed E-state index contributed by atoms with van der Waals surface area (Å²) in [4.78, 5) is 39.1. The number of ether oxygens (including phenoxy) is 3. The Labute approximate surface area is 264 Å². The number of esters is 1. The second-order valence-electron chi connectivity index (χ2n) is 14.8. The molecule has 7 nitrogen and oxygen atoms in total. The smallest absolute Gasteiger partial charge is 0.306 e. The highest BCUT2D eigenvalue weighted by molar-refractivity contribution is 6.01. The zero-order valence-corrected chi connectivity index (χ0v) is 27.6. The maximum absolute atomic E-state index is 14.3. The molecule has 1 unspecified atom stereocenters. The van der Waals surface area contributed by atoms with Crippen LogP contribution in [0.1, 0.15) is 130 Å². The summed E-state index contributed by atoms with van der Waals surface area (Å²) in [5.41, 5.74) is -1.19. The molecule has 1 heterocycles. The summed E-state index contributed by atoms with van der Waals surface area (Å²) in [6.45, 7) is 8.23. The van der Waals surface area contributed by atoms with Gasteiger partial charge in [0.05, 0.1) is 12.2 Å². The summed E-state index contributed by atoms with van der Waals surface area (Å²) >= 11 is 0. The van der Waals surface area contributed by atoms with Gasteiger partial charge in [-0.25, -0.2) is 0 Å². The van der Waals surface area contributed by atoms with Gasteiger partial charge in [0.1, 0.15) is 0 Å². The fourth-order valence-electron chi connectivity index (χ4n) is 9.91. The summed E-state index contributed by atoms with van der Waals surface area (Å²) in [5, 5.41) is 11.9. The first kappa shape index (κ1) is 33.5. The minimum absolute atomic E-state index is 0.0159. The zero-order valence-electron chi connectivity index (χ0n) is 27.6. The molecule has 0 aromatic heterocycles. The van der Waals surface area contributed by atoms with E-state index in [0.29, 0.717) is 25.7 Å². The number of aliphatic hydroxyl groups excluding tert-OH is 1. The molecule has 3 saturated carbocycles. The number of unbranched alkanes of at least 4 members (excludes halogenated alkanes) is 8. The number of carbonyl (C=O) groups excluding carboxylic acids is 3. The van der Waals surface area contributed by atoms with Crippen molar-refractivity contribution >= 4 is 17.5 Å². The molecule has 0 aromatic carbocycles. The topological polar surface area (TPSA) is 99.1 Å². The molecule has 4 aliphatic carbocycles. The third kappa shape index (κ3) is 6.02. The molecule has 44 heavy (non-hydrogen) atoms. The first-order valence-corrected chi connectivity index (χ1v) is 17.7. The van der Waals surface area contributed by atoms with Gasteiger partial charge in [-0.05, 0) is 62.5 Å². The van der Waals surface area contributed by atoms with Crippen molar-refractivity contribution in [3.8, 4) is 0 Å². The molecule has 246 valence electrons. The van der Waals surface area contributed by atoms with E-state index in [-0.39, 0.29) is 47.3 Å². The van der Waals surface area contributed by atoms with Crippen molar-refractivity contribution < 1.29 is 33.7 Å². The van der Waals surface area contributed by atoms with E-state index in [1.165, 1.54) is 38.5 Å². The maximum atomic E-state index is 14.3. The fourth-order valence-corrected chi connectivity index (χ4v) is 9.91. The minimum atomic E-state index is -1.25. The summed E-state index contributed by atoms with van der Waals surface area (Å²) in [5.74, 6) is -0.332. The number of rotatable bonds is 15. The van der Waals surface area contributed by atoms with E-state index in [9.17, 15) is 19.5 Å². The van der Waals surface area contributed by atoms with E-state index in [1.54, 1.807) is 12.2 Å². The Morgan fingerprint density at radius 2 is 1.73 bits per heavy atom. The number of hydrogen-bond donors (Lipinski definition) is 1. The first-order valence-electron chi connectivity index (χ1n) is 17.7. The summed E-state index contributed by atoms with van der Waals surface area (Å²) in [6.07, 6.45) is 19.0. The van der Waals surface area contributed by atoms with Crippen molar-refractivity contribution in [3.05, 3.63) is 23.8 Å². The molecule has 0 bridgehead atoms. The van der Waals surface area contributed by atoms with Gasteiger partial charge in [-0.1, -0.05) is 97.1 Å². The molecule has 5 aliphatic rings. The maximum Gasteiger partial charge on any atom is 0.306 e. The van der Waals surface area contributed by atoms with Crippen LogP contribution in [-0.4, -0.2) is 53.3 Å². The average Bonchev–Trinajstić information content (AvgIpc) is 3.47. The number of fused-ring (bicyclic) bond motifs is 7. The molecule has 4 fully saturated rings. The Morgan fingerprint density at radius 1 is 1.02 bits per heavy atom. The highest BCUT2D eigenvalue weighted by Crippen LogP contribution is 2.69. The minimum Gasteiger partial charge on any atom is -0.458 e. The van der Waals surface area contributed by atoms with Gasteiger partial charge in [0.15, 0.2) is 24.3 Å². The first-order chi connectivity index (χ1) is 21.1. The Bertz CT molecular complexity index is 1130. The molecule has 7 heteroatoms. The van der Waals surface area contributed by atoms with Gasteiger partial charge in [0.25, 0.3) is 0 Å². The van der Waals surface area contributed by atoms with Crippen molar-refractivity contribution in [1.82, 2.24) is 0 Å². The monoisotopic (exact) mass is 612 g/mol. The van der Waals surface area contributed by atoms with Crippen LogP contribution in [0.25, 0.3) is 0 Å². The lowest BCUT2D eigenvalue weighted by atomic mass is 9.46. The van der Waals surface area contributed by atoms with Crippen molar-refractivity contribution in [1.29, 1.82) is 0 Å². The van der Waals surface area contributed by atoms with Gasteiger partial charge in [-0.15, -0.1) is 0 Å². The van der Waals surface area contributed by atoms with Gasteiger partial charge in [-0.2, -0.15) is 0 Å². The van der Waals surface area contributed by atoms with Crippen LogP contribution < -0.4 is 0 Å². The molecular formula is C37H56O7. The number of ketones is 2. The van der Waals surface area contributed by atoms with Crippen LogP contribution in [0.5, 0.6) is 0 Å². The fraction of sp³-hybridized carbons (Fsp3) is 0.811. The lowest BCUT2D eigenvalue weighted by Gasteiger charge is -2.59. The zero-order chi connectivity index (χ0) is 31.5. The van der Waals surface area contributed by atoms with Crippen molar-refractivity contribution in [2.24, 2.45) is 28.6 Å². The molecule has 9 atom stereocenters. The Hall–Kier alpha value is -1.83. The van der Waals surface area contributed by atoms with Crippen molar-refractivity contribution in [2.45, 2.75) is 155 Å². The number of hydrogen-bond acceptors (Lipinski definition) is 7. The summed E-state index contributed by atoms with van der Waals surface area (Å²) in [7, 11) is 0. The second kappa shape index (κ2) is 13.9. The number of aliphatic hydroxyl groups is 1. The van der Waals surface area contributed by atoms with E-state index in [0.717, 1.165) is 44.1 Å². The van der Waals surface area contributed by atoms with Crippen LogP contribution in [0, 0.1) is 28.6 Å². The lowest BCUT2D eigenvalue weighted by Crippen LogP contribution is -2.63. The predicted octanol–water partition coefficient (Wildman–Crippen LogP) is 7.19. The highest BCUT2D eigenvalue weighted by Gasteiger charge is 2.75. The van der Waals surface area contributed by atoms with E-state index >= 15 is 0 Å². The third-order valence-electron chi connectivity index (χ3n) is 12.1. The Morgan fingerprint density at radius 3 is 2.43 bits per heavy atom. The Balaban J connectivity index is 1.25. The quantitative estimate of drug-likeness (QED) is 0.154. The number of Topliss-reactive ketones (excluding diaryl/α,β-unsaturated/α-hetero) is 1. The molecule has 1 N–H and O–H groups in total. The van der Waals surface area contributed by atoms with Crippen LogP contribution in [0.2, 0.25) is 0 Å². The predicted molar refractivity (Wildman–Crippen MR) is 169 cm³/mol. The second-order valence-corrected chi connectivity index (χ2v) is 14.8. The van der Waals surface area contributed by atoms with Crippen LogP contribution >= 0.6 is 0 Å². The third-order valence-corrected chi connectivity index (χ3v) is 12.1. The van der Waals surface area contributed by atoms with Gasteiger partial charge >= 0.3 is 5.97 Å². The SMILES string of the molecule is CCCCCCCCCCCC(=O)OCC(=O)[C@@]12OC(CCC)O[C@@H]1C[C@H]1[C@@H]3CCC4=CC(=O)C=C[C@]4(C)[C@H]3[C@@H](O)C[C@@]12C. The highest BCUT2D eigenvalue weighted by atomic mass is 16.7. The number of allylic oxidation sites excluding steroid dienone is 4. The molecule has 0 aromatic rings. The average molecular weight is 613 g/mol. The van der Waals surface area contributed by atoms with Crippen molar-refractivity contribution in [3.63, 3.8) is 0 Å². The normalized spacial score (nSPS) is 38.8. The Kier molecular flexibility index (Phi) is 10.6. The van der Waals surface area contributed by atoms with E-state index in [2.05, 4.69) is 27.7 Å². The van der Waals surface area contributed by atoms with Crippen LogP contribution in [0.15, 0.2) is 23.8 Å². The van der Waals surface area contributed by atoms with Crippen LogP contribution in [-0.2, 0) is 28.6 Å². The molecule has 1 saturated heterocycles. The largest absolute Gasteiger partial charge is 0.458 e. The van der Waals surface area contributed by atoms with Crippen LogP contribution in [0.4, 0.5) is 0 Å². The molecule has 0 radical (unpaired) electrons. The molecule has 0 amide bonds.